The molecule has 10 heavy (non-hydrogen) atoms. The minimum Gasteiger partial charge on any atom is -0.229 e. The highest BCUT2D eigenvalue weighted by Crippen LogP contribution is 2.07. The van der Waals surface area contributed by atoms with Crippen LogP contribution in [0.2, 0.25) is 0 Å². The van der Waals surface area contributed by atoms with Crippen LogP contribution in [0.1, 0.15) is 33.1 Å². The molecular weight excluding hydrogens is 148 g/mol. The Hall–Kier alpha value is -0.0500. The van der Waals surface area contributed by atoms with Gasteiger partial charge in [-0.25, -0.2) is 8.42 Å². The van der Waals surface area contributed by atoms with Gasteiger partial charge in [0.2, 0.25) is 0 Å². The lowest BCUT2D eigenvalue weighted by molar-refractivity contribution is 0.577. The summed E-state index contributed by atoms with van der Waals surface area (Å²) in [4.78, 5) is 0. The van der Waals surface area contributed by atoms with E-state index in [1.165, 1.54) is 6.26 Å². The highest BCUT2D eigenvalue weighted by Gasteiger charge is 2.12. The van der Waals surface area contributed by atoms with Crippen LogP contribution in [-0.2, 0) is 9.84 Å². The van der Waals surface area contributed by atoms with E-state index in [2.05, 4.69) is 6.92 Å². The van der Waals surface area contributed by atoms with E-state index in [9.17, 15) is 8.42 Å². The third-order valence-electron chi connectivity index (χ3n) is 1.70. The van der Waals surface area contributed by atoms with E-state index >= 15 is 0 Å². The standard InChI is InChI=1S/C7H16O2S/c1-4-5-6-7(2)10(3,8)9/h7H,4-6H2,1-3H3. The van der Waals surface area contributed by atoms with Crippen LogP contribution in [0.4, 0.5) is 0 Å². The first-order valence-electron chi connectivity index (χ1n) is 3.67. The Morgan fingerprint density at radius 1 is 1.40 bits per heavy atom. The van der Waals surface area contributed by atoms with Gasteiger partial charge in [0.05, 0.1) is 5.25 Å². The van der Waals surface area contributed by atoms with Crippen molar-refractivity contribution in [3.8, 4) is 0 Å². The maximum absolute atomic E-state index is 10.8. The molecule has 0 aromatic heterocycles. The minimum atomic E-state index is -2.78. The molecule has 62 valence electrons. The summed E-state index contributed by atoms with van der Waals surface area (Å²) in [6.07, 6.45) is 4.18. The zero-order chi connectivity index (χ0) is 8.20. The summed E-state index contributed by atoms with van der Waals surface area (Å²) in [6, 6.07) is 0. The predicted molar refractivity (Wildman–Crippen MR) is 43.8 cm³/mol. The zero-order valence-corrected chi connectivity index (χ0v) is 7.74. The van der Waals surface area contributed by atoms with E-state index in [0.29, 0.717) is 0 Å². The van der Waals surface area contributed by atoms with Crippen LogP contribution in [0.3, 0.4) is 0 Å². The first-order valence-corrected chi connectivity index (χ1v) is 5.62. The molecule has 0 saturated carbocycles. The van der Waals surface area contributed by atoms with E-state index in [1.807, 2.05) is 0 Å². The van der Waals surface area contributed by atoms with Gasteiger partial charge in [-0.2, -0.15) is 0 Å². The first-order chi connectivity index (χ1) is 4.48. The van der Waals surface area contributed by atoms with Gasteiger partial charge in [0.15, 0.2) is 0 Å². The van der Waals surface area contributed by atoms with Gasteiger partial charge in [0.1, 0.15) is 9.84 Å². The molecule has 1 atom stereocenters. The number of rotatable bonds is 4. The molecule has 1 unspecified atom stereocenters. The monoisotopic (exact) mass is 164 g/mol. The number of hydrogen-bond acceptors (Lipinski definition) is 2. The van der Waals surface area contributed by atoms with Crippen LogP contribution in [0.15, 0.2) is 0 Å². The Morgan fingerprint density at radius 3 is 2.20 bits per heavy atom. The summed E-state index contributed by atoms with van der Waals surface area (Å²) in [5.41, 5.74) is 0. The van der Waals surface area contributed by atoms with Gasteiger partial charge >= 0.3 is 0 Å². The van der Waals surface area contributed by atoms with Crippen LogP contribution >= 0.6 is 0 Å². The molecule has 0 radical (unpaired) electrons. The number of hydrogen-bond donors (Lipinski definition) is 0. The minimum absolute atomic E-state index is 0.160. The molecule has 3 heteroatoms. The molecule has 0 N–H and O–H groups in total. The van der Waals surface area contributed by atoms with Crippen LogP contribution in [0.25, 0.3) is 0 Å². The lowest BCUT2D eigenvalue weighted by atomic mass is 10.2. The van der Waals surface area contributed by atoms with Crippen molar-refractivity contribution < 1.29 is 8.42 Å². The molecule has 0 heterocycles. The molecule has 0 rings (SSSR count). The lowest BCUT2D eigenvalue weighted by Crippen LogP contribution is -2.15. The molecule has 0 fully saturated rings. The smallest absolute Gasteiger partial charge is 0.150 e. The third kappa shape index (κ3) is 3.88. The number of unbranched alkanes of at least 4 members (excludes halogenated alkanes) is 1. The fourth-order valence-corrected chi connectivity index (χ4v) is 1.30. The summed E-state index contributed by atoms with van der Waals surface area (Å²) in [6.45, 7) is 3.83. The van der Waals surface area contributed by atoms with Crippen LogP contribution in [0, 0.1) is 0 Å². The first kappa shape index (κ1) is 9.95. The maximum atomic E-state index is 10.8. The highest BCUT2D eigenvalue weighted by atomic mass is 32.2. The summed E-state index contributed by atoms with van der Waals surface area (Å²) >= 11 is 0. The van der Waals surface area contributed by atoms with Gasteiger partial charge in [0.25, 0.3) is 0 Å². The van der Waals surface area contributed by atoms with Gasteiger partial charge in [-0.1, -0.05) is 19.8 Å². The maximum Gasteiger partial charge on any atom is 0.150 e. The quantitative estimate of drug-likeness (QED) is 0.632. The molecule has 0 bridgehead atoms. The topological polar surface area (TPSA) is 34.1 Å². The molecule has 0 aromatic rings. The molecule has 0 spiro atoms. The van der Waals surface area contributed by atoms with E-state index in [0.717, 1.165) is 19.3 Å². The van der Waals surface area contributed by atoms with Crippen LogP contribution in [-0.4, -0.2) is 19.9 Å². The van der Waals surface area contributed by atoms with Crippen molar-refractivity contribution in [1.82, 2.24) is 0 Å². The molecular formula is C7H16O2S. The second kappa shape index (κ2) is 3.96. The SMILES string of the molecule is CCCCC(C)S(C)(=O)=O. The molecule has 0 aromatic carbocycles. The summed E-state index contributed by atoms with van der Waals surface area (Å²) in [7, 11) is -2.78. The van der Waals surface area contributed by atoms with Gasteiger partial charge in [-0.05, 0) is 13.3 Å². The Balaban J connectivity index is 3.75. The van der Waals surface area contributed by atoms with E-state index in [-0.39, 0.29) is 5.25 Å². The Labute approximate surface area is 63.6 Å². The van der Waals surface area contributed by atoms with Crippen LogP contribution in [0.5, 0.6) is 0 Å². The molecule has 0 aliphatic rings. The van der Waals surface area contributed by atoms with Crippen molar-refractivity contribution in [2.75, 3.05) is 6.26 Å². The van der Waals surface area contributed by atoms with Gasteiger partial charge in [0, 0.05) is 6.26 Å². The van der Waals surface area contributed by atoms with Gasteiger partial charge < -0.3 is 0 Å². The predicted octanol–water partition coefficient (Wildman–Crippen LogP) is 1.61. The normalized spacial score (nSPS) is 15.1. The Morgan fingerprint density at radius 2 is 1.90 bits per heavy atom. The van der Waals surface area contributed by atoms with Crippen molar-refractivity contribution in [2.45, 2.75) is 38.4 Å². The fourth-order valence-electron chi connectivity index (χ4n) is 0.706. The average molecular weight is 164 g/mol. The molecule has 0 amide bonds. The second-order valence-corrected chi connectivity index (χ2v) is 5.25. The third-order valence-corrected chi connectivity index (χ3v) is 3.39. The van der Waals surface area contributed by atoms with Crippen LogP contribution < -0.4 is 0 Å². The van der Waals surface area contributed by atoms with E-state index in [4.69, 9.17) is 0 Å². The summed E-state index contributed by atoms with van der Waals surface area (Å²) in [5, 5.41) is -0.160. The van der Waals surface area contributed by atoms with Crippen molar-refractivity contribution in [3.63, 3.8) is 0 Å². The highest BCUT2D eigenvalue weighted by molar-refractivity contribution is 7.91. The average Bonchev–Trinajstić information content (AvgIpc) is 1.80. The molecule has 0 aliphatic carbocycles. The molecule has 0 saturated heterocycles. The summed E-state index contributed by atoms with van der Waals surface area (Å²) in [5.74, 6) is 0. The van der Waals surface area contributed by atoms with Crippen molar-refractivity contribution in [2.24, 2.45) is 0 Å². The fraction of sp³-hybridized carbons (Fsp3) is 1.00. The Bertz CT molecular complexity index is 170. The molecule has 2 nitrogen and oxygen atoms in total. The second-order valence-electron chi connectivity index (χ2n) is 2.78. The molecule has 0 aliphatic heterocycles. The number of sulfone groups is 1. The largest absolute Gasteiger partial charge is 0.229 e. The summed E-state index contributed by atoms with van der Waals surface area (Å²) < 4.78 is 21.7. The zero-order valence-electron chi connectivity index (χ0n) is 6.92. The van der Waals surface area contributed by atoms with E-state index < -0.39 is 9.84 Å². The lowest BCUT2D eigenvalue weighted by Gasteiger charge is -2.06. The van der Waals surface area contributed by atoms with Gasteiger partial charge in [-0.15, -0.1) is 0 Å². The van der Waals surface area contributed by atoms with Gasteiger partial charge in [-0.3, -0.25) is 0 Å². The van der Waals surface area contributed by atoms with E-state index in [1.54, 1.807) is 6.92 Å². The Kier molecular flexibility index (Phi) is 3.94. The van der Waals surface area contributed by atoms with Crippen molar-refractivity contribution >= 4 is 9.84 Å². The van der Waals surface area contributed by atoms with Crippen molar-refractivity contribution in [1.29, 1.82) is 0 Å². The van der Waals surface area contributed by atoms with Crippen molar-refractivity contribution in [3.05, 3.63) is 0 Å².